The molecular weight excluding hydrogens is 256 g/mol. The standard InChI is InChI=1S/C16H24O4/c1-6-13(7-8-20-11-17-3)14-10-15(18-4)12(2)9-16(14)19-5/h6,9-10,13H,1,7-8,11H2,2-5H3/t13-/m1/s1. The topological polar surface area (TPSA) is 36.9 Å². The van der Waals surface area contributed by atoms with Gasteiger partial charge in [0.25, 0.3) is 0 Å². The van der Waals surface area contributed by atoms with Crippen LogP contribution in [0.1, 0.15) is 23.5 Å². The fraction of sp³-hybridized carbons (Fsp3) is 0.500. The Balaban J connectivity index is 2.92. The molecule has 0 unspecified atom stereocenters. The molecule has 0 amide bonds. The van der Waals surface area contributed by atoms with Crippen LogP contribution in [0.25, 0.3) is 0 Å². The third-order valence-electron chi connectivity index (χ3n) is 3.21. The first-order chi connectivity index (χ1) is 9.67. The molecule has 1 rings (SSSR count). The Labute approximate surface area is 121 Å². The van der Waals surface area contributed by atoms with Crippen LogP contribution in [0.5, 0.6) is 11.5 Å². The van der Waals surface area contributed by atoms with E-state index < -0.39 is 0 Å². The Morgan fingerprint density at radius 2 is 1.85 bits per heavy atom. The summed E-state index contributed by atoms with van der Waals surface area (Å²) in [6.07, 6.45) is 2.72. The van der Waals surface area contributed by atoms with Crippen molar-refractivity contribution >= 4 is 0 Å². The second-order valence-electron chi connectivity index (χ2n) is 4.51. The molecule has 0 aromatic heterocycles. The van der Waals surface area contributed by atoms with Crippen molar-refractivity contribution in [3.05, 3.63) is 35.9 Å². The van der Waals surface area contributed by atoms with Gasteiger partial charge in [0.1, 0.15) is 18.3 Å². The molecule has 0 N–H and O–H groups in total. The molecule has 0 saturated carbocycles. The molecule has 1 atom stereocenters. The maximum atomic E-state index is 5.47. The van der Waals surface area contributed by atoms with Crippen molar-refractivity contribution in [2.24, 2.45) is 0 Å². The van der Waals surface area contributed by atoms with E-state index in [0.717, 1.165) is 29.0 Å². The summed E-state index contributed by atoms with van der Waals surface area (Å²) in [6.45, 7) is 6.81. The predicted molar refractivity (Wildman–Crippen MR) is 79.7 cm³/mol. The van der Waals surface area contributed by atoms with E-state index >= 15 is 0 Å². The Bertz CT molecular complexity index is 429. The van der Waals surface area contributed by atoms with E-state index in [0.29, 0.717) is 13.4 Å². The molecule has 0 aliphatic carbocycles. The Kier molecular flexibility index (Phi) is 7.12. The van der Waals surface area contributed by atoms with E-state index in [1.54, 1.807) is 21.3 Å². The summed E-state index contributed by atoms with van der Waals surface area (Å²) in [5, 5.41) is 0. The van der Waals surface area contributed by atoms with Crippen LogP contribution in [0.4, 0.5) is 0 Å². The van der Waals surface area contributed by atoms with E-state index in [2.05, 4.69) is 6.58 Å². The molecule has 0 saturated heterocycles. The molecule has 1 aromatic rings. The van der Waals surface area contributed by atoms with Gasteiger partial charge >= 0.3 is 0 Å². The minimum Gasteiger partial charge on any atom is -0.496 e. The zero-order valence-corrected chi connectivity index (χ0v) is 12.8. The van der Waals surface area contributed by atoms with E-state index in [4.69, 9.17) is 18.9 Å². The fourth-order valence-electron chi connectivity index (χ4n) is 2.12. The van der Waals surface area contributed by atoms with Gasteiger partial charge in [-0.25, -0.2) is 0 Å². The molecule has 0 aliphatic heterocycles. The van der Waals surface area contributed by atoms with E-state index in [9.17, 15) is 0 Å². The van der Waals surface area contributed by atoms with Crippen LogP contribution in [0, 0.1) is 6.92 Å². The summed E-state index contributed by atoms with van der Waals surface area (Å²) in [7, 11) is 4.95. The predicted octanol–water partition coefficient (Wildman–Crippen LogP) is 3.29. The quantitative estimate of drug-likeness (QED) is 0.395. The van der Waals surface area contributed by atoms with Crippen molar-refractivity contribution in [2.75, 3.05) is 34.7 Å². The number of allylic oxidation sites excluding steroid dienone is 1. The average molecular weight is 280 g/mol. The second kappa shape index (κ2) is 8.61. The van der Waals surface area contributed by atoms with Crippen LogP contribution in [0.15, 0.2) is 24.8 Å². The van der Waals surface area contributed by atoms with Gasteiger partial charge in [0, 0.05) is 18.6 Å². The van der Waals surface area contributed by atoms with Crippen LogP contribution in [0.3, 0.4) is 0 Å². The molecular formula is C16H24O4. The van der Waals surface area contributed by atoms with Gasteiger partial charge in [-0.2, -0.15) is 0 Å². The molecule has 0 bridgehead atoms. The highest BCUT2D eigenvalue weighted by molar-refractivity contribution is 5.48. The van der Waals surface area contributed by atoms with E-state index in [1.165, 1.54) is 0 Å². The first-order valence-electron chi connectivity index (χ1n) is 6.59. The van der Waals surface area contributed by atoms with Gasteiger partial charge in [0.05, 0.1) is 20.8 Å². The first-order valence-corrected chi connectivity index (χ1v) is 6.59. The van der Waals surface area contributed by atoms with Gasteiger partial charge in [-0.05, 0) is 31.0 Å². The number of methoxy groups -OCH3 is 3. The lowest BCUT2D eigenvalue weighted by Gasteiger charge is -2.19. The summed E-state index contributed by atoms with van der Waals surface area (Å²) in [6, 6.07) is 4.00. The largest absolute Gasteiger partial charge is 0.496 e. The minimum atomic E-state index is 0.149. The maximum absolute atomic E-state index is 5.47. The number of hydrogen-bond acceptors (Lipinski definition) is 4. The average Bonchev–Trinajstić information content (AvgIpc) is 2.47. The number of hydrogen-bond donors (Lipinski definition) is 0. The highest BCUT2D eigenvalue weighted by Crippen LogP contribution is 2.35. The maximum Gasteiger partial charge on any atom is 0.146 e. The SMILES string of the molecule is C=C[C@H](CCOCOC)c1cc(OC)c(C)cc1OC. The van der Waals surface area contributed by atoms with Crippen LogP contribution in [-0.4, -0.2) is 34.7 Å². The van der Waals surface area contributed by atoms with Crippen molar-refractivity contribution in [3.8, 4) is 11.5 Å². The lowest BCUT2D eigenvalue weighted by molar-refractivity contribution is -0.0317. The van der Waals surface area contributed by atoms with Crippen molar-refractivity contribution in [3.63, 3.8) is 0 Å². The molecule has 112 valence electrons. The van der Waals surface area contributed by atoms with Gasteiger partial charge in [0.2, 0.25) is 0 Å². The lowest BCUT2D eigenvalue weighted by Crippen LogP contribution is -2.06. The third-order valence-corrected chi connectivity index (χ3v) is 3.21. The Morgan fingerprint density at radius 1 is 1.15 bits per heavy atom. The second-order valence-corrected chi connectivity index (χ2v) is 4.51. The van der Waals surface area contributed by atoms with Crippen LogP contribution >= 0.6 is 0 Å². The van der Waals surface area contributed by atoms with Crippen molar-refractivity contribution < 1.29 is 18.9 Å². The molecule has 0 spiro atoms. The number of aryl methyl sites for hydroxylation is 1. The lowest BCUT2D eigenvalue weighted by atomic mass is 9.94. The molecule has 20 heavy (non-hydrogen) atoms. The minimum absolute atomic E-state index is 0.149. The smallest absolute Gasteiger partial charge is 0.146 e. The highest BCUT2D eigenvalue weighted by atomic mass is 16.7. The molecule has 0 heterocycles. The molecule has 4 heteroatoms. The van der Waals surface area contributed by atoms with Crippen LogP contribution in [-0.2, 0) is 9.47 Å². The fourth-order valence-corrected chi connectivity index (χ4v) is 2.12. The van der Waals surface area contributed by atoms with Crippen LogP contribution < -0.4 is 9.47 Å². The summed E-state index contributed by atoms with van der Waals surface area (Å²) in [5.41, 5.74) is 2.11. The van der Waals surface area contributed by atoms with Crippen LogP contribution in [0.2, 0.25) is 0 Å². The Hall–Kier alpha value is -1.52. The summed E-state index contributed by atoms with van der Waals surface area (Å²) >= 11 is 0. The number of benzene rings is 1. The van der Waals surface area contributed by atoms with E-state index in [-0.39, 0.29) is 5.92 Å². The van der Waals surface area contributed by atoms with E-state index in [1.807, 2.05) is 25.1 Å². The summed E-state index contributed by atoms with van der Waals surface area (Å²) < 4.78 is 21.1. The molecule has 0 radical (unpaired) electrons. The number of rotatable bonds is 9. The zero-order chi connectivity index (χ0) is 15.0. The van der Waals surface area contributed by atoms with Gasteiger partial charge in [-0.15, -0.1) is 6.58 Å². The Morgan fingerprint density at radius 3 is 2.40 bits per heavy atom. The zero-order valence-electron chi connectivity index (χ0n) is 12.8. The molecule has 0 aliphatic rings. The molecule has 0 fully saturated rings. The van der Waals surface area contributed by atoms with Gasteiger partial charge < -0.3 is 18.9 Å². The molecule has 1 aromatic carbocycles. The third kappa shape index (κ3) is 4.25. The van der Waals surface area contributed by atoms with Gasteiger partial charge in [0.15, 0.2) is 0 Å². The highest BCUT2D eigenvalue weighted by Gasteiger charge is 2.16. The normalized spacial score (nSPS) is 12.0. The first kappa shape index (κ1) is 16.5. The van der Waals surface area contributed by atoms with Crippen molar-refractivity contribution in [2.45, 2.75) is 19.3 Å². The summed E-state index contributed by atoms with van der Waals surface area (Å²) in [4.78, 5) is 0. The van der Waals surface area contributed by atoms with Gasteiger partial charge in [-0.3, -0.25) is 0 Å². The summed E-state index contributed by atoms with van der Waals surface area (Å²) in [5.74, 6) is 1.85. The molecule has 4 nitrogen and oxygen atoms in total. The monoisotopic (exact) mass is 280 g/mol. The van der Waals surface area contributed by atoms with Crippen molar-refractivity contribution in [1.82, 2.24) is 0 Å². The number of ether oxygens (including phenoxy) is 4. The van der Waals surface area contributed by atoms with Crippen molar-refractivity contribution in [1.29, 1.82) is 0 Å². The van der Waals surface area contributed by atoms with Gasteiger partial charge in [-0.1, -0.05) is 6.08 Å².